The van der Waals surface area contributed by atoms with E-state index in [0.717, 1.165) is 5.56 Å². The number of furan rings is 1. The van der Waals surface area contributed by atoms with Crippen LogP contribution >= 0.6 is 0 Å². The van der Waals surface area contributed by atoms with Crippen LogP contribution in [0.4, 0.5) is 0 Å². The molecule has 6 heteroatoms. The van der Waals surface area contributed by atoms with Crippen molar-refractivity contribution in [1.29, 1.82) is 0 Å². The third kappa shape index (κ3) is 1.71. The second-order valence-corrected chi connectivity index (χ2v) is 8.67. The zero-order valence-corrected chi connectivity index (χ0v) is 14.8. The van der Waals surface area contributed by atoms with Gasteiger partial charge in [0.15, 0.2) is 5.60 Å². The Labute approximate surface area is 151 Å². The number of esters is 2. The molecule has 6 rings (SSSR count). The van der Waals surface area contributed by atoms with Crippen LogP contribution in [0.5, 0.6) is 0 Å². The summed E-state index contributed by atoms with van der Waals surface area (Å²) in [7, 11) is 0. The van der Waals surface area contributed by atoms with E-state index < -0.39 is 28.5 Å². The van der Waals surface area contributed by atoms with Crippen LogP contribution in [0.3, 0.4) is 0 Å². The summed E-state index contributed by atoms with van der Waals surface area (Å²) in [6, 6.07) is 1.81. The Bertz CT molecular complexity index is 812. The maximum absolute atomic E-state index is 12.8. The van der Waals surface area contributed by atoms with Crippen molar-refractivity contribution in [3.05, 3.63) is 36.3 Å². The summed E-state index contributed by atoms with van der Waals surface area (Å²) in [5, 5.41) is 11.2. The topological polar surface area (TPSA) is 86.0 Å². The summed E-state index contributed by atoms with van der Waals surface area (Å²) in [6.45, 7) is 4.04. The van der Waals surface area contributed by atoms with Gasteiger partial charge in [-0.05, 0) is 42.9 Å². The van der Waals surface area contributed by atoms with Crippen LogP contribution in [0.2, 0.25) is 0 Å². The second-order valence-electron chi connectivity index (χ2n) is 8.67. The Morgan fingerprint density at radius 2 is 2.04 bits per heavy atom. The van der Waals surface area contributed by atoms with Gasteiger partial charge in [-0.1, -0.05) is 13.8 Å². The van der Waals surface area contributed by atoms with Gasteiger partial charge in [-0.2, -0.15) is 0 Å². The number of rotatable bonds is 1. The van der Waals surface area contributed by atoms with Gasteiger partial charge >= 0.3 is 11.9 Å². The first-order chi connectivity index (χ1) is 12.3. The maximum atomic E-state index is 12.8. The normalized spacial score (nSPS) is 49.2. The number of carbonyl (C=O) groups is 2. The van der Waals surface area contributed by atoms with E-state index in [4.69, 9.17) is 13.9 Å². The van der Waals surface area contributed by atoms with Crippen molar-refractivity contribution in [2.45, 2.75) is 50.9 Å². The predicted molar refractivity (Wildman–Crippen MR) is 88.6 cm³/mol. The average Bonchev–Trinajstić information content (AvgIpc) is 3.10. The summed E-state index contributed by atoms with van der Waals surface area (Å²) in [5.74, 6) is -1.20. The first-order valence-electron chi connectivity index (χ1n) is 9.15. The SMILES string of the molecule is C[C@@]12C[C@@H](c3ccoc3)OC(=O)[C@@H]1CC[C@@]1(C)[C@H]2[C@@H]2C=C[C@@]1(O)C(=O)O2. The van der Waals surface area contributed by atoms with Crippen molar-refractivity contribution < 1.29 is 28.6 Å². The number of ether oxygens (including phenoxy) is 2. The van der Waals surface area contributed by atoms with Crippen LogP contribution in [0.15, 0.2) is 35.2 Å². The monoisotopic (exact) mass is 358 g/mol. The summed E-state index contributed by atoms with van der Waals surface area (Å²) >= 11 is 0. The first-order valence-corrected chi connectivity index (χ1v) is 9.15. The lowest BCUT2D eigenvalue weighted by atomic mass is 9.42. The predicted octanol–water partition coefficient (Wildman–Crippen LogP) is 2.53. The summed E-state index contributed by atoms with van der Waals surface area (Å²) in [5.41, 5.74) is -1.91. The number of aliphatic hydroxyl groups is 1. The molecule has 3 fully saturated rings. The molecule has 1 aromatic rings. The van der Waals surface area contributed by atoms with Gasteiger partial charge in [-0.15, -0.1) is 0 Å². The Morgan fingerprint density at radius 1 is 1.23 bits per heavy atom. The molecule has 1 aromatic heterocycles. The molecule has 2 saturated heterocycles. The van der Waals surface area contributed by atoms with Crippen LogP contribution in [0, 0.1) is 22.7 Å². The number of carbonyl (C=O) groups excluding carboxylic acids is 2. The van der Waals surface area contributed by atoms with Crippen LogP contribution in [0.25, 0.3) is 0 Å². The molecule has 2 aliphatic carbocycles. The van der Waals surface area contributed by atoms with Crippen molar-refractivity contribution in [1.82, 2.24) is 0 Å². The largest absolute Gasteiger partial charge is 0.472 e. The van der Waals surface area contributed by atoms with E-state index in [1.165, 1.54) is 0 Å². The van der Waals surface area contributed by atoms with Gasteiger partial charge in [0.05, 0.1) is 18.4 Å². The quantitative estimate of drug-likeness (QED) is 0.613. The Morgan fingerprint density at radius 3 is 2.73 bits per heavy atom. The van der Waals surface area contributed by atoms with E-state index in [1.54, 1.807) is 24.7 Å². The number of fused-ring (bicyclic) bond motifs is 2. The van der Waals surface area contributed by atoms with Gasteiger partial charge in [0.1, 0.15) is 12.2 Å². The lowest BCUT2D eigenvalue weighted by Crippen LogP contribution is -2.72. The third-order valence-corrected chi connectivity index (χ3v) is 7.51. The standard InChI is InChI=1S/C20H22O6/c1-18-9-14(11-5-8-24-10-11)25-16(21)12(18)3-6-19(2)15(18)13-4-7-20(19,23)17(22)26-13/h4-5,7-8,10,12-15,23H,3,6,9H2,1-2H3/t12-,13-,14-,15-,18+,19-,20+/m0/s1. The molecule has 6 nitrogen and oxygen atoms in total. The highest BCUT2D eigenvalue weighted by Crippen LogP contribution is 2.67. The van der Waals surface area contributed by atoms with Crippen molar-refractivity contribution >= 4 is 11.9 Å². The maximum Gasteiger partial charge on any atom is 0.343 e. The molecule has 0 amide bonds. The highest BCUT2D eigenvalue weighted by molar-refractivity contribution is 5.86. The Balaban J connectivity index is 1.61. The lowest BCUT2D eigenvalue weighted by Gasteiger charge is -2.65. The molecule has 4 heterocycles. The molecular weight excluding hydrogens is 336 g/mol. The molecular formula is C20H22O6. The molecule has 0 radical (unpaired) electrons. The number of cyclic esters (lactones) is 1. The number of hydrogen-bond donors (Lipinski definition) is 1. The molecule has 2 bridgehead atoms. The van der Waals surface area contributed by atoms with Gasteiger partial charge < -0.3 is 19.0 Å². The van der Waals surface area contributed by atoms with Crippen molar-refractivity contribution in [3.63, 3.8) is 0 Å². The molecule has 138 valence electrons. The Kier molecular flexibility index (Phi) is 2.97. The van der Waals surface area contributed by atoms with Crippen molar-refractivity contribution in [2.24, 2.45) is 22.7 Å². The molecule has 7 atom stereocenters. The number of hydrogen-bond acceptors (Lipinski definition) is 6. The summed E-state index contributed by atoms with van der Waals surface area (Å²) in [6.07, 6.45) is 7.52. The molecule has 26 heavy (non-hydrogen) atoms. The van der Waals surface area contributed by atoms with Crippen LogP contribution in [0.1, 0.15) is 44.8 Å². The average molecular weight is 358 g/mol. The first kappa shape index (κ1) is 16.1. The van der Waals surface area contributed by atoms with E-state index >= 15 is 0 Å². The minimum Gasteiger partial charge on any atom is -0.472 e. The van der Waals surface area contributed by atoms with Gasteiger partial charge in [0.25, 0.3) is 0 Å². The second kappa shape index (κ2) is 4.80. The fourth-order valence-electron chi connectivity index (χ4n) is 6.16. The molecule has 0 spiro atoms. The zero-order chi connectivity index (χ0) is 18.3. The molecule has 0 unspecified atom stereocenters. The molecule has 5 aliphatic rings. The van der Waals surface area contributed by atoms with E-state index in [-0.39, 0.29) is 23.9 Å². The van der Waals surface area contributed by atoms with E-state index in [0.29, 0.717) is 19.3 Å². The fraction of sp³-hybridized carbons (Fsp3) is 0.600. The highest BCUT2D eigenvalue weighted by atomic mass is 16.6. The summed E-state index contributed by atoms with van der Waals surface area (Å²) < 4.78 is 16.4. The molecule has 0 aromatic carbocycles. The van der Waals surface area contributed by atoms with Crippen molar-refractivity contribution in [2.75, 3.05) is 0 Å². The Hall–Kier alpha value is -2.08. The van der Waals surface area contributed by atoms with Crippen molar-refractivity contribution in [3.8, 4) is 0 Å². The third-order valence-electron chi connectivity index (χ3n) is 7.51. The minimum atomic E-state index is -1.63. The molecule has 1 N–H and O–H groups in total. The highest BCUT2D eigenvalue weighted by Gasteiger charge is 2.72. The van der Waals surface area contributed by atoms with Crippen LogP contribution in [-0.2, 0) is 19.1 Å². The van der Waals surface area contributed by atoms with Crippen LogP contribution < -0.4 is 0 Å². The zero-order valence-electron chi connectivity index (χ0n) is 14.8. The van der Waals surface area contributed by atoms with Gasteiger partial charge in [-0.25, -0.2) is 4.79 Å². The van der Waals surface area contributed by atoms with Gasteiger partial charge in [0.2, 0.25) is 0 Å². The van der Waals surface area contributed by atoms with Gasteiger partial charge in [0, 0.05) is 16.9 Å². The minimum absolute atomic E-state index is 0.149. The van der Waals surface area contributed by atoms with E-state index in [1.807, 2.05) is 13.0 Å². The lowest BCUT2D eigenvalue weighted by molar-refractivity contribution is -0.259. The van der Waals surface area contributed by atoms with E-state index in [2.05, 4.69) is 6.92 Å². The summed E-state index contributed by atoms with van der Waals surface area (Å²) in [4.78, 5) is 25.2. The molecule has 3 aliphatic heterocycles. The fourth-order valence-corrected chi connectivity index (χ4v) is 6.16. The molecule has 1 saturated carbocycles. The van der Waals surface area contributed by atoms with E-state index in [9.17, 15) is 14.7 Å². The van der Waals surface area contributed by atoms with Crippen LogP contribution in [-0.4, -0.2) is 28.8 Å². The smallest absolute Gasteiger partial charge is 0.343 e. The van der Waals surface area contributed by atoms with Gasteiger partial charge in [-0.3, -0.25) is 4.79 Å².